The Bertz CT molecular complexity index is 686. The molecule has 0 unspecified atom stereocenters. The average Bonchev–Trinajstić information content (AvgIpc) is 2.45. The van der Waals surface area contributed by atoms with Crippen LogP contribution in [0.25, 0.3) is 10.8 Å². The van der Waals surface area contributed by atoms with Crippen molar-refractivity contribution in [2.24, 2.45) is 0 Å². The number of rotatable bonds is 4. The predicted molar refractivity (Wildman–Crippen MR) is 85.4 cm³/mol. The third-order valence-corrected chi connectivity index (χ3v) is 4.11. The van der Waals surface area contributed by atoms with E-state index in [9.17, 15) is 9.90 Å². The summed E-state index contributed by atoms with van der Waals surface area (Å²) in [6.45, 7) is 7.96. The van der Waals surface area contributed by atoms with Crippen LogP contribution in [0.4, 0.5) is 0 Å². The average molecular weight is 286 g/mol. The van der Waals surface area contributed by atoms with Crippen LogP contribution < -0.4 is 4.74 Å². The van der Waals surface area contributed by atoms with Gasteiger partial charge in [-0.05, 0) is 59.4 Å². The van der Waals surface area contributed by atoms with Crippen molar-refractivity contribution in [2.45, 2.75) is 39.5 Å². The van der Waals surface area contributed by atoms with E-state index < -0.39 is 11.9 Å². The molecule has 21 heavy (non-hydrogen) atoms. The van der Waals surface area contributed by atoms with Crippen LogP contribution in [0, 0.1) is 6.92 Å². The van der Waals surface area contributed by atoms with E-state index in [1.165, 1.54) is 0 Å². The van der Waals surface area contributed by atoms with Crippen LogP contribution in [0.3, 0.4) is 0 Å². The Balaban J connectivity index is 2.80. The van der Waals surface area contributed by atoms with E-state index >= 15 is 0 Å². The summed E-state index contributed by atoms with van der Waals surface area (Å²) < 4.78 is 5.28. The minimum Gasteiger partial charge on any atom is -0.497 e. The molecule has 3 nitrogen and oxygen atoms in total. The molecule has 0 saturated heterocycles. The van der Waals surface area contributed by atoms with Crippen molar-refractivity contribution in [1.29, 1.82) is 0 Å². The Labute approximate surface area is 125 Å². The fraction of sp³-hybridized carbons (Fsp3) is 0.389. The van der Waals surface area contributed by atoms with E-state index in [0.717, 1.165) is 33.2 Å². The number of methoxy groups -OCH3 is 1. The van der Waals surface area contributed by atoms with E-state index in [2.05, 4.69) is 19.9 Å². The molecule has 1 atom stereocenters. The monoisotopic (exact) mass is 286 g/mol. The van der Waals surface area contributed by atoms with Gasteiger partial charge in [-0.3, -0.25) is 4.79 Å². The molecule has 0 fully saturated rings. The Kier molecular flexibility index (Phi) is 4.21. The quantitative estimate of drug-likeness (QED) is 0.902. The molecule has 0 saturated carbocycles. The summed E-state index contributed by atoms with van der Waals surface area (Å²) in [5.74, 6) is -0.200. The second kappa shape index (κ2) is 5.76. The van der Waals surface area contributed by atoms with Crippen molar-refractivity contribution >= 4 is 16.7 Å². The SMILES string of the molecule is COc1ccc2c(C)c([C@H](C)C(=O)O)c(C(C)C)cc2c1. The highest BCUT2D eigenvalue weighted by Crippen LogP contribution is 2.36. The molecule has 0 aliphatic carbocycles. The number of carboxylic acid groups (broad SMARTS) is 1. The molecule has 2 aromatic carbocycles. The summed E-state index contributed by atoms with van der Waals surface area (Å²) in [6.07, 6.45) is 0. The zero-order valence-corrected chi connectivity index (χ0v) is 13.2. The number of carbonyl (C=O) groups is 1. The van der Waals surface area contributed by atoms with E-state index in [-0.39, 0.29) is 5.92 Å². The number of fused-ring (bicyclic) bond motifs is 1. The maximum atomic E-state index is 11.4. The molecule has 0 bridgehead atoms. The van der Waals surface area contributed by atoms with E-state index in [4.69, 9.17) is 4.74 Å². The van der Waals surface area contributed by atoms with Crippen molar-refractivity contribution in [3.8, 4) is 5.75 Å². The zero-order chi connectivity index (χ0) is 15.7. The Morgan fingerprint density at radius 2 is 1.86 bits per heavy atom. The lowest BCUT2D eigenvalue weighted by molar-refractivity contribution is -0.138. The van der Waals surface area contributed by atoms with Gasteiger partial charge in [-0.1, -0.05) is 26.0 Å². The highest BCUT2D eigenvalue weighted by molar-refractivity contribution is 5.91. The van der Waals surface area contributed by atoms with Gasteiger partial charge in [0.15, 0.2) is 0 Å². The van der Waals surface area contributed by atoms with Gasteiger partial charge in [-0.2, -0.15) is 0 Å². The largest absolute Gasteiger partial charge is 0.497 e. The lowest BCUT2D eigenvalue weighted by Crippen LogP contribution is -2.13. The molecule has 0 amide bonds. The van der Waals surface area contributed by atoms with Crippen LogP contribution in [-0.4, -0.2) is 18.2 Å². The van der Waals surface area contributed by atoms with Crippen molar-refractivity contribution in [1.82, 2.24) is 0 Å². The van der Waals surface area contributed by atoms with Gasteiger partial charge in [0, 0.05) is 0 Å². The van der Waals surface area contributed by atoms with Gasteiger partial charge in [0.2, 0.25) is 0 Å². The van der Waals surface area contributed by atoms with Gasteiger partial charge < -0.3 is 9.84 Å². The predicted octanol–water partition coefficient (Wildman–Crippen LogP) is 4.47. The minimum atomic E-state index is -0.784. The fourth-order valence-corrected chi connectivity index (χ4v) is 2.91. The lowest BCUT2D eigenvalue weighted by atomic mass is 9.83. The summed E-state index contributed by atoms with van der Waals surface area (Å²) in [7, 11) is 1.65. The van der Waals surface area contributed by atoms with Crippen LogP contribution in [0.2, 0.25) is 0 Å². The molecule has 112 valence electrons. The van der Waals surface area contributed by atoms with Gasteiger partial charge in [0.1, 0.15) is 5.75 Å². The molecular weight excluding hydrogens is 264 g/mol. The summed E-state index contributed by atoms with van der Waals surface area (Å²) >= 11 is 0. The standard InChI is InChI=1S/C18H22O3/c1-10(2)16-9-13-8-14(21-5)6-7-15(13)11(3)17(16)12(4)18(19)20/h6-10,12H,1-5H3,(H,19,20)/t12-/m0/s1. The summed E-state index contributed by atoms with van der Waals surface area (Å²) in [5, 5.41) is 11.6. The molecule has 0 aliphatic heterocycles. The number of ether oxygens (including phenoxy) is 1. The van der Waals surface area contributed by atoms with Gasteiger partial charge >= 0.3 is 5.97 Å². The lowest BCUT2D eigenvalue weighted by Gasteiger charge is -2.21. The molecule has 0 spiro atoms. The Morgan fingerprint density at radius 3 is 2.38 bits per heavy atom. The third kappa shape index (κ3) is 2.73. The van der Waals surface area contributed by atoms with Crippen LogP contribution in [0.15, 0.2) is 24.3 Å². The van der Waals surface area contributed by atoms with Crippen LogP contribution >= 0.6 is 0 Å². The molecule has 0 radical (unpaired) electrons. The summed E-state index contributed by atoms with van der Waals surface area (Å²) in [5.41, 5.74) is 3.09. The molecule has 2 aromatic rings. The molecule has 2 rings (SSSR count). The molecule has 1 N–H and O–H groups in total. The van der Waals surface area contributed by atoms with Gasteiger partial charge in [0.05, 0.1) is 13.0 Å². The second-order valence-electron chi connectivity index (χ2n) is 5.81. The smallest absolute Gasteiger partial charge is 0.310 e. The van der Waals surface area contributed by atoms with Crippen LogP contribution in [0.1, 0.15) is 49.3 Å². The first-order valence-corrected chi connectivity index (χ1v) is 7.20. The first-order chi connectivity index (χ1) is 9.86. The minimum absolute atomic E-state index is 0.274. The number of aliphatic carboxylic acids is 1. The van der Waals surface area contributed by atoms with Crippen LogP contribution in [0.5, 0.6) is 5.75 Å². The number of aryl methyl sites for hydroxylation is 1. The normalized spacial score (nSPS) is 12.7. The van der Waals surface area contributed by atoms with Crippen LogP contribution in [-0.2, 0) is 4.79 Å². The first-order valence-electron chi connectivity index (χ1n) is 7.20. The topological polar surface area (TPSA) is 46.5 Å². The molecule has 3 heteroatoms. The van der Waals surface area contributed by atoms with Crippen molar-refractivity contribution in [3.63, 3.8) is 0 Å². The zero-order valence-electron chi connectivity index (χ0n) is 13.2. The van der Waals surface area contributed by atoms with Crippen molar-refractivity contribution in [2.75, 3.05) is 7.11 Å². The molecule has 0 heterocycles. The van der Waals surface area contributed by atoms with Gasteiger partial charge in [0.25, 0.3) is 0 Å². The van der Waals surface area contributed by atoms with E-state index in [1.54, 1.807) is 14.0 Å². The third-order valence-electron chi connectivity index (χ3n) is 4.11. The number of benzene rings is 2. The fourth-order valence-electron chi connectivity index (χ4n) is 2.91. The highest BCUT2D eigenvalue weighted by atomic mass is 16.5. The van der Waals surface area contributed by atoms with Gasteiger partial charge in [-0.15, -0.1) is 0 Å². The molecular formula is C18H22O3. The summed E-state index contributed by atoms with van der Waals surface area (Å²) in [4.78, 5) is 11.4. The maximum Gasteiger partial charge on any atom is 0.310 e. The number of hydrogen-bond donors (Lipinski definition) is 1. The maximum absolute atomic E-state index is 11.4. The van der Waals surface area contributed by atoms with Crippen molar-refractivity contribution in [3.05, 3.63) is 41.0 Å². The van der Waals surface area contributed by atoms with Crippen molar-refractivity contribution < 1.29 is 14.6 Å². The second-order valence-corrected chi connectivity index (χ2v) is 5.81. The first kappa shape index (κ1) is 15.4. The molecule has 0 aromatic heterocycles. The molecule has 0 aliphatic rings. The van der Waals surface area contributed by atoms with E-state index in [1.807, 2.05) is 25.1 Å². The Morgan fingerprint density at radius 1 is 1.19 bits per heavy atom. The summed E-state index contributed by atoms with van der Waals surface area (Å²) in [6, 6.07) is 8.03. The van der Waals surface area contributed by atoms with E-state index in [0.29, 0.717) is 0 Å². The number of carboxylic acids is 1. The van der Waals surface area contributed by atoms with Gasteiger partial charge in [-0.25, -0.2) is 0 Å². The Hall–Kier alpha value is -2.03. The number of hydrogen-bond acceptors (Lipinski definition) is 2. The highest BCUT2D eigenvalue weighted by Gasteiger charge is 2.22.